The van der Waals surface area contributed by atoms with Crippen LogP contribution >= 0.6 is 0 Å². The fourth-order valence-electron chi connectivity index (χ4n) is 1.76. The molecule has 0 saturated carbocycles. The van der Waals surface area contributed by atoms with Gasteiger partial charge in [-0.25, -0.2) is 0 Å². The third-order valence-corrected chi connectivity index (χ3v) is 5.42. The molecule has 2 bridgehead atoms. The summed E-state index contributed by atoms with van der Waals surface area (Å²) in [5.41, 5.74) is 0. The summed E-state index contributed by atoms with van der Waals surface area (Å²) in [7, 11) is -2.23. The minimum Gasteiger partial charge on any atom is -0.372 e. The maximum absolute atomic E-state index is 5.74. The predicted octanol–water partition coefficient (Wildman–Crippen LogP) is 0.324. The van der Waals surface area contributed by atoms with Crippen LogP contribution in [-0.4, -0.2) is 53.2 Å². The van der Waals surface area contributed by atoms with E-state index in [9.17, 15) is 0 Å². The van der Waals surface area contributed by atoms with Gasteiger partial charge in [-0.2, -0.15) is 0 Å². The van der Waals surface area contributed by atoms with E-state index in [1.807, 2.05) is 0 Å². The summed E-state index contributed by atoms with van der Waals surface area (Å²) >= 11 is 0. The first-order chi connectivity index (χ1) is 6.35. The van der Waals surface area contributed by atoms with Crippen molar-refractivity contribution < 1.29 is 13.3 Å². The third-order valence-electron chi connectivity index (χ3n) is 2.62. The topological polar surface area (TPSA) is 30.9 Å². The highest BCUT2D eigenvalue weighted by molar-refractivity contribution is 6.60. The lowest BCUT2D eigenvalue weighted by Crippen LogP contribution is -2.54. The molecule has 0 aromatic carbocycles. The second-order valence-corrected chi connectivity index (χ2v) is 6.36. The molecule has 3 fully saturated rings. The molecule has 3 saturated heterocycles. The summed E-state index contributed by atoms with van der Waals surface area (Å²) in [6.45, 7) is 7.47. The molecule has 76 valence electrons. The average Bonchev–Trinajstić information content (AvgIpc) is 2.01. The summed E-state index contributed by atoms with van der Waals surface area (Å²) in [6, 6.07) is 0.896. The number of hydrogen-bond donors (Lipinski definition) is 0. The first-order valence-electron chi connectivity index (χ1n) is 4.99. The molecule has 0 N–H and O–H groups in total. The van der Waals surface area contributed by atoms with E-state index < -0.39 is 8.80 Å². The molecule has 3 aliphatic rings. The Morgan fingerprint density at radius 2 is 1.46 bits per heavy atom. The van der Waals surface area contributed by atoms with Crippen molar-refractivity contribution in [3.63, 3.8) is 0 Å². The molecule has 3 aliphatic heterocycles. The molecular weight excluding hydrogens is 186 g/mol. The summed E-state index contributed by atoms with van der Waals surface area (Å²) in [6.07, 6.45) is 0. The molecule has 0 aliphatic carbocycles. The van der Waals surface area contributed by atoms with E-state index in [1.54, 1.807) is 0 Å². The normalized spacial score (nSPS) is 40.8. The fourth-order valence-corrected chi connectivity index (χ4v) is 3.83. The highest BCUT2D eigenvalue weighted by Gasteiger charge is 2.41. The Bertz CT molecular complexity index is 152. The van der Waals surface area contributed by atoms with Gasteiger partial charge in [0.2, 0.25) is 0 Å². The third kappa shape index (κ3) is 2.11. The molecule has 0 amide bonds. The number of fused-ring (bicyclic) bond motifs is 6. The molecular formula is C8H17NO3Si. The summed E-state index contributed by atoms with van der Waals surface area (Å²) in [5, 5.41) is 0. The standard InChI is InChI=1S/C8H17NO3Si/c1-2-13-10-6-3-9(4-7-11-13)5-8-12-13/h2-8H2,1H3. The van der Waals surface area contributed by atoms with Crippen molar-refractivity contribution in [2.24, 2.45) is 0 Å². The Labute approximate surface area is 80.1 Å². The van der Waals surface area contributed by atoms with Crippen LogP contribution in [0.5, 0.6) is 0 Å². The van der Waals surface area contributed by atoms with Gasteiger partial charge in [0.1, 0.15) is 0 Å². The van der Waals surface area contributed by atoms with Crippen molar-refractivity contribution in [1.82, 2.24) is 4.90 Å². The number of nitrogens with zero attached hydrogens (tertiary/aromatic N) is 1. The molecule has 5 heteroatoms. The van der Waals surface area contributed by atoms with Crippen LogP contribution in [0.1, 0.15) is 6.92 Å². The highest BCUT2D eigenvalue weighted by Crippen LogP contribution is 2.19. The van der Waals surface area contributed by atoms with E-state index >= 15 is 0 Å². The SMILES string of the molecule is CC[Si]12OCCN(CCO1)CCO2. The van der Waals surface area contributed by atoms with E-state index in [-0.39, 0.29) is 0 Å². The zero-order valence-electron chi connectivity index (χ0n) is 8.12. The second kappa shape index (κ2) is 4.06. The predicted molar refractivity (Wildman–Crippen MR) is 50.5 cm³/mol. The largest absolute Gasteiger partial charge is 0.500 e. The quantitative estimate of drug-likeness (QED) is 0.574. The minimum atomic E-state index is -2.23. The Morgan fingerprint density at radius 1 is 1.00 bits per heavy atom. The van der Waals surface area contributed by atoms with Gasteiger partial charge in [-0.05, 0) is 0 Å². The number of hydrogen-bond acceptors (Lipinski definition) is 4. The Kier molecular flexibility index (Phi) is 3.00. The van der Waals surface area contributed by atoms with Gasteiger partial charge in [-0.15, -0.1) is 0 Å². The second-order valence-electron chi connectivity index (χ2n) is 3.42. The van der Waals surface area contributed by atoms with Crippen molar-refractivity contribution >= 4 is 8.80 Å². The highest BCUT2D eigenvalue weighted by atomic mass is 28.4. The summed E-state index contributed by atoms with van der Waals surface area (Å²) in [4.78, 5) is 2.33. The zero-order chi connectivity index (χ0) is 9.15. The molecule has 0 atom stereocenters. The maximum Gasteiger partial charge on any atom is 0.500 e. The Morgan fingerprint density at radius 3 is 1.85 bits per heavy atom. The van der Waals surface area contributed by atoms with Gasteiger partial charge in [-0.3, -0.25) is 4.90 Å². The van der Waals surface area contributed by atoms with Crippen molar-refractivity contribution in [2.75, 3.05) is 39.5 Å². The van der Waals surface area contributed by atoms with Gasteiger partial charge in [0.05, 0.1) is 19.8 Å². The molecule has 3 rings (SSSR count). The van der Waals surface area contributed by atoms with E-state index in [2.05, 4.69) is 11.8 Å². The van der Waals surface area contributed by atoms with Crippen LogP contribution < -0.4 is 0 Å². The molecule has 13 heavy (non-hydrogen) atoms. The maximum atomic E-state index is 5.74. The summed E-state index contributed by atoms with van der Waals surface area (Å²) in [5.74, 6) is 0. The van der Waals surface area contributed by atoms with Crippen LogP contribution in [-0.2, 0) is 13.3 Å². The van der Waals surface area contributed by atoms with E-state index in [4.69, 9.17) is 13.3 Å². The molecule has 3 heterocycles. The van der Waals surface area contributed by atoms with Crippen molar-refractivity contribution in [3.05, 3.63) is 0 Å². The lowest BCUT2D eigenvalue weighted by Gasteiger charge is -2.37. The molecule has 0 aromatic rings. The van der Waals surface area contributed by atoms with Gasteiger partial charge in [-0.1, -0.05) is 6.92 Å². The lowest BCUT2D eigenvalue weighted by molar-refractivity contribution is -0.00749. The van der Waals surface area contributed by atoms with E-state index in [0.29, 0.717) is 0 Å². The fraction of sp³-hybridized carbons (Fsp3) is 1.00. The molecule has 0 spiro atoms. The van der Waals surface area contributed by atoms with Crippen LogP contribution in [0.2, 0.25) is 6.04 Å². The monoisotopic (exact) mass is 203 g/mol. The van der Waals surface area contributed by atoms with Gasteiger partial charge in [0.15, 0.2) is 0 Å². The minimum absolute atomic E-state index is 0.764. The average molecular weight is 203 g/mol. The van der Waals surface area contributed by atoms with E-state index in [0.717, 1.165) is 45.5 Å². The van der Waals surface area contributed by atoms with E-state index in [1.165, 1.54) is 0 Å². The first kappa shape index (κ1) is 9.61. The summed E-state index contributed by atoms with van der Waals surface area (Å²) < 4.78 is 17.2. The molecule has 0 aromatic heterocycles. The van der Waals surface area contributed by atoms with Crippen LogP contribution in [0.3, 0.4) is 0 Å². The smallest absolute Gasteiger partial charge is 0.372 e. The van der Waals surface area contributed by atoms with Gasteiger partial charge in [0, 0.05) is 25.7 Å². The first-order valence-corrected chi connectivity index (χ1v) is 6.92. The zero-order valence-corrected chi connectivity index (χ0v) is 9.12. The Hall–Kier alpha value is 0.0569. The lowest BCUT2D eigenvalue weighted by atomic mass is 10.4. The van der Waals surface area contributed by atoms with Crippen LogP contribution in [0.25, 0.3) is 0 Å². The van der Waals surface area contributed by atoms with Gasteiger partial charge < -0.3 is 13.3 Å². The van der Waals surface area contributed by atoms with Crippen molar-refractivity contribution in [2.45, 2.75) is 13.0 Å². The van der Waals surface area contributed by atoms with Gasteiger partial charge >= 0.3 is 8.80 Å². The number of rotatable bonds is 1. The van der Waals surface area contributed by atoms with Gasteiger partial charge in [0.25, 0.3) is 0 Å². The van der Waals surface area contributed by atoms with Crippen LogP contribution in [0.4, 0.5) is 0 Å². The van der Waals surface area contributed by atoms with Crippen LogP contribution in [0.15, 0.2) is 0 Å². The molecule has 4 nitrogen and oxygen atoms in total. The Balaban J connectivity index is 2.07. The van der Waals surface area contributed by atoms with Crippen molar-refractivity contribution in [1.29, 1.82) is 0 Å². The molecule has 0 radical (unpaired) electrons. The molecule has 0 unspecified atom stereocenters. The van der Waals surface area contributed by atoms with Crippen molar-refractivity contribution in [3.8, 4) is 0 Å². The van der Waals surface area contributed by atoms with Crippen LogP contribution in [0, 0.1) is 0 Å².